The Bertz CT molecular complexity index is 894. The van der Waals surface area contributed by atoms with Crippen LogP contribution in [0.25, 0.3) is 0 Å². The number of ether oxygens (including phenoxy) is 1. The van der Waals surface area contributed by atoms with Crippen molar-refractivity contribution in [3.8, 4) is 11.5 Å². The van der Waals surface area contributed by atoms with Crippen LogP contribution in [0.3, 0.4) is 0 Å². The normalized spacial score (nSPS) is 11.0. The summed E-state index contributed by atoms with van der Waals surface area (Å²) in [5.74, 6) is 1.03. The van der Waals surface area contributed by atoms with Crippen molar-refractivity contribution in [2.24, 2.45) is 0 Å². The molecular weight excluding hydrogens is 808 g/mol. The number of carboxylic acids is 1. The fraction of sp³-hybridized carbons (Fsp3) is 0.381. The van der Waals surface area contributed by atoms with Crippen molar-refractivity contribution >= 4 is 96.3 Å². The number of halogens is 4. The smallest absolute Gasteiger partial charge is 0.303 e. The highest BCUT2D eigenvalue weighted by Gasteiger charge is 2.22. The van der Waals surface area contributed by atoms with Crippen LogP contribution in [0, 0.1) is 42.0 Å². The molecule has 7 heteroatoms. The minimum atomic E-state index is -0.768. The maximum absolute atomic E-state index is 11.0. The lowest BCUT2D eigenvalue weighted by Crippen LogP contribution is -2.08. The zero-order chi connectivity index (χ0) is 21.3. The summed E-state index contributed by atoms with van der Waals surface area (Å²) in [6.45, 7) is 10.6. The Hall–Kier alpha value is 0.630. The van der Waals surface area contributed by atoms with Crippen molar-refractivity contribution in [2.75, 3.05) is 0 Å². The second-order valence-corrected chi connectivity index (χ2v) is 11.0. The van der Waals surface area contributed by atoms with Gasteiger partial charge in [0.05, 0.1) is 7.14 Å². The summed E-state index contributed by atoms with van der Waals surface area (Å²) in [7, 11) is 0. The van der Waals surface area contributed by atoms with Gasteiger partial charge in [-0.2, -0.15) is 0 Å². The van der Waals surface area contributed by atoms with Crippen LogP contribution in [-0.2, 0) is 17.6 Å². The van der Waals surface area contributed by atoms with Crippen molar-refractivity contribution in [1.82, 2.24) is 0 Å². The number of hydrogen-bond donors (Lipinski definition) is 1. The van der Waals surface area contributed by atoms with Gasteiger partial charge in [0.15, 0.2) is 5.75 Å². The van der Waals surface area contributed by atoms with Gasteiger partial charge in [0.2, 0.25) is 0 Å². The summed E-state index contributed by atoms with van der Waals surface area (Å²) in [6, 6.07) is 0. The third-order valence-electron chi connectivity index (χ3n) is 4.98. The van der Waals surface area contributed by atoms with Crippen molar-refractivity contribution in [3.63, 3.8) is 0 Å². The van der Waals surface area contributed by atoms with E-state index in [2.05, 4.69) is 125 Å². The number of carboxylic acid groups (broad SMARTS) is 1. The number of hydrogen-bond acceptors (Lipinski definition) is 2. The van der Waals surface area contributed by atoms with Crippen LogP contribution < -0.4 is 4.74 Å². The average molecular weight is 830 g/mol. The molecule has 1 N–H and O–H groups in total. The quantitative estimate of drug-likeness (QED) is 0.304. The fourth-order valence-corrected chi connectivity index (χ4v) is 7.51. The number of aliphatic carboxylic acids is 1. The third-order valence-corrected chi connectivity index (χ3v) is 10.5. The summed E-state index contributed by atoms with van der Waals surface area (Å²) in [5, 5.41) is 9.07. The molecule has 0 aliphatic heterocycles. The van der Waals surface area contributed by atoms with Gasteiger partial charge in [-0.15, -0.1) is 0 Å². The molecule has 0 aliphatic carbocycles. The molecule has 3 nitrogen and oxygen atoms in total. The van der Waals surface area contributed by atoms with E-state index in [1.807, 2.05) is 0 Å². The van der Waals surface area contributed by atoms with E-state index < -0.39 is 5.97 Å². The summed E-state index contributed by atoms with van der Waals surface area (Å²) >= 11 is 9.51. The van der Waals surface area contributed by atoms with Gasteiger partial charge in [0.1, 0.15) is 5.75 Å². The predicted molar refractivity (Wildman–Crippen MR) is 148 cm³/mol. The lowest BCUT2D eigenvalue weighted by atomic mass is 9.98. The molecule has 0 saturated carbocycles. The standard InChI is InChI=1S/C21H22I4O3/c1-6-13-16(22)11(4)20(12(5)17(13)23)28-21-18(24)9(2)14(7-8-15(26)27)10(3)19(21)25/h6-8H2,1-5H3,(H,26,27). The monoisotopic (exact) mass is 830 g/mol. The second kappa shape index (κ2) is 10.3. The minimum absolute atomic E-state index is 0.140. The molecular formula is C21H22I4O3. The molecule has 0 amide bonds. The lowest BCUT2D eigenvalue weighted by molar-refractivity contribution is -0.136. The van der Waals surface area contributed by atoms with E-state index >= 15 is 0 Å². The van der Waals surface area contributed by atoms with Gasteiger partial charge in [-0.1, -0.05) is 6.92 Å². The first-order valence-electron chi connectivity index (χ1n) is 8.86. The topological polar surface area (TPSA) is 46.5 Å². The molecule has 0 unspecified atom stereocenters. The van der Waals surface area contributed by atoms with Crippen LogP contribution in [-0.4, -0.2) is 11.1 Å². The van der Waals surface area contributed by atoms with E-state index in [0.717, 1.165) is 41.8 Å². The van der Waals surface area contributed by atoms with Crippen LogP contribution in [0.5, 0.6) is 11.5 Å². The van der Waals surface area contributed by atoms with E-state index in [1.165, 1.54) is 23.8 Å². The Morgan fingerprint density at radius 2 is 1.25 bits per heavy atom. The Balaban J connectivity index is 2.62. The molecule has 2 aromatic carbocycles. The maximum atomic E-state index is 11.0. The molecule has 0 aromatic heterocycles. The van der Waals surface area contributed by atoms with Gasteiger partial charge < -0.3 is 9.84 Å². The zero-order valence-electron chi connectivity index (χ0n) is 16.4. The number of benzene rings is 2. The van der Waals surface area contributed by atoms with Gasteiger partial charge in [-0.25, -0.2) is 0 Å². The van der Waals surface area contributed by atoms with E-state index in [9.17, 15) is 4.79 Å². The molecule has 2 aromatic rings. The van der Waals surface area contributed by atoms with Gasteiger partial charge in [0, 0.05) is 24.7 Å². The molecule has 0 heterocycles. The number of rotatable bonds is 6. The molecule has 0 radical (unpaired) electrons. The summed E-state index contributed by atoms with van der Waals surface area (Å²) in [5.41, 5.74) is 7.06. The molecule has 0 saturated heterocycles. The lowest BCUT2D eigenvalue weighted by Gasteiger charge is -2.22. The van der Waals surface area contributed by atoms with E-state index in [1.54, 1.807) is 0 Å². The fourth-order valence-electron chi connectivity index (χ4n) is 3.27. The van der Waals surface area contributed by atoms with Crippen LogP contribution >= 0.6 is 90.4 Å². The minimum Gasteiger partial charge on any atom is -0.481 e. The number of carbonyl (C=O) groups is 1. The zero-order valence-corrected chi connectivity index (χ0v) is 25.0. The van der Waals surface area contributed by atoms with Crippen molar-refractivity contribution in [2.45, 2.75) is 53.9 Å². The Morgan fingerprint density at radius 3 is 1.64 bits per heavy atom. The van der Waals surface area contributed by atoms with Gasteiger partial charge in [-0.3, -0.25) is 4.79 Å². The molecule has 0 aliphatic rings. The van der Waals surface area contributed by atoms with Crippen LogP contribution in [0.4, 0.5) is 0 Å². The highest BCUT2D eigenvalue weighted by atomic mass is 127. The maximum Gasteiger partial charge on any atom is 0.303 e. The SMILES string of the molecule is CCc1c(I)c(C)c(Oc2c(I)c(C)c(CCC(=O)O)c(C)c2I)c(C)c1I. The molecule has 28 heavy (non-hydrogen) atoms. The predicted octanol–water partition coefficient (Wildman–Crippen LogP) is 7.71. The summed E-state index contributed by atoms with van der Waals surface area (Å²) < 4.78 is 11.2. The van der Waals surface area contributed by atoms with Crippen molar-refractivity contribution in [1.29, 1.82) is 0 Å². The van der Waals surface area contributed by atoms with Gasteiger partial charge >= 0.3 is 5.97 Å². The summed E-state index contributed by atoms with van der Waals surface area (Å²) in [4.78, 5) is 11.0. The summed E-state index contributed by atoms with van der Waals surface area (Å²) in [6.07, 6.45) is 1.68. The molecule has 2 rings (SSSR count). The molecule has 152 valence electrons. The van der Waals surface area contributed by atoms with Crippen LogP contribution in [0.15, 0.2) is 0 Å². The largest absolute Gasteiger partial charge is 0.481 e. The molecule has 0 atom stereocenters. The molecule has 0 bridgehead atoms. The Kier molecular flexibility index (Phi) is 9.15. The first-order chi connectivity index (χ1) is 13.0. The average Bonchev–Trinajstić information content (AvgIpc) is 2.64. The first-order valence-corrected chi connectivity index (χ1v) is 13.2. The first kappa shape index (κ1) is 24.9. The van der Waals surface area contributed by atoms with E-state index in [0.29, 0.717) is 6.42 Å². The van der Waals surface area contributed by atoms with Crippen LogP contribution in [0.2, 0.25) is 0 Å². The highest BCUT2D eigenvalue weighted by Crippen LogP contribution is 2.43. The van der Waals surface area contributed by atoms with Crippen molar-refractivity contribution in [3.05, 3.63) is 47.7 Å². The molecule has 0 spiro atoms. The highest BCUT2D eigenvalue weighted by molar-refractivity contribution is 14.1. The third kappa shape index (κ3) is 4.92. The second-order valence-electron chi connectivity index (χ2n) is 6.72. The van der Waals surface area contributed by atoms with Gasteiger partial charge in [0.25, 0.3) is 0 Å². The van der Waals surface area contributed by atoms with E-state index in [4.69, 9.17) is 9.84 Å². The Labute approximate surface area is 221 Å². The van der Waals surface area contributed by atoms with E-state index in [-0.39, 0.29) is 6.42 Å². The Morgan fingerprint density at radius 1 is 0.786 bits per heavy atom. The molecule has 0 fully saturated rings. The van der Waals surface area contributed by atoms with Crippen LogP contribution in [0.1, 0.15) is 46.7 Å². The van der Waals surface area contributed by atoms with Crippen molar-refractivity contribution < 1.29 is 14.6 Å². The van der Waals surface area contributed by atoms with Gasteiger partial charge in [-0.05, 0) is 153 Å².